The summed E-state index contributed by atoms with van der Waals surface area (Å²) < 4.78 is 0.873. The van der Waals surface area contributed by atoms with Gasteiger partial charge in [0.05, 0.1) is 23.1 Å². The molecule has 2 aromatic heterocycles. The van der Waals surface area contributed by atoms with E-state index in [1.165, 1.54) is 0 Å². The van der Waals surface area contributed by atoms with Gasteiger partial charge in [-0.25, -0.2) is 9.97 Å². The first-order valence-corrected chi connectivity index (χ1v) is 9.46. The van der Waals surface area contributed by atoms with Gasteiger partial charge >= 0.3 is 0 Å². The standard InChI is InChI=1S/C20H16IN5O/c21-17-5-1-3-9-22-16(12-24-17)13-7-8-15(19-14(13)11-25-20(19)27)26-18-6-2-4-10-23-18/h1-10,12,22H,11H2,(H,23,26)(H,25,27). The molecule has 3 aromatic rings. The monoisotopic (exact) mass is 469 g/mol. The van der Waals surface area contributed by atoms with Crippen LogP contribution in [-0.4, -0.2) is 20.9 Å². The van der Waals surface area contributed by atoms with E-state index in [-0.39, 0.29) is 5.91 Å². The van der Waals surface area contributed by atoms with Gasteiger partial charge in [-0.1, -0.05) is 18.2 Å². The Bertz CT molecular complexity index is 1050. The highest BCUT2D eigenvalue weighted by molar-refractivity contribution is 14.1. The van der Waals surface area contributed by atoms with E-state index >= 15 is 0 Å². The quantitative estimate of drug-likeness (QED) is 0.503. The Morgan fingerprint density at radius 3 is 2.78 bits per heavy atom. The number of carbonyl (C=O) groups is 1. The number of pyridine rings is 1. The summed E-state index contributed by atoms with van der Waals surface area (Å²) in [7, 11) is 0. The average Bonchev–Trinajstić information content (AvgIpc) is 3.11. The summed E-state index contributed by atoms with van der Waals surface area (Å²) in [5.41, 5.74) is 4.09. The van der Waals surface area contributed by atoms with Crippen LogP contribution in [0, 0.1) is 3.70 Å². The van der Waals surface area contributed by atoms with Gasteiger partial charge in [-0.15, -0.1) is 0 Å². The SMILES string of the molecule is O=C1NCc2c(-c3cnc(I)cccc[nH]3)ccc(Nc3ccccn3)c21. The van der Waals surface area contributed by atoms with E-state index in [1.807, 2.05) is 54.7 Å². The Hall–Kier alpha value is -2.94. The number of H-pyrrole nitrogens is 1. The summed E-state index contributed by atoms with van der Waals surface area (Å²) in [6.45, 7) is 0.475. The van der Waals surface area contributed by atoms with Crippen LogP contribution in [0.3, 0.4) is 0 Å². The number of nitrogens with zero attached hydrogens (tertiary/aromatic N) is 2. The minimum atomic E-state index is -0.0933. The predicted molar refractivity (Wildman–Crippen MR) is 113 cm³/mol. The van der Waals surface area contributed by atoms with Gasteiger partial charge in [0.1, 0.15) is 9.52 Å². The maximum Gasteiger partial charge on any atom is 0.254 e. The Morgan fingerprint density at radius 2 is 1.93 bits per heavy atom. The second-order valence-electron chi connectivity index (χ2n) is 5.89. The molecule has 1 amide bonds. The minimum absolute atomic E-state index is 0.0933. The van der Waals surface area contributed by atoms with Gasteiger partial charge in [0, 0.05) is 24.5 Å². The fraction of sp³-hybridized carbons (Fsp3) is 0.0500. The van der Waals surface area contributed by atoms with Crippen molar-refractivity contribution in [2.45, 2.75) is 6.54 Å². The van der Waals surface area contributed by atoms with Crippen LogP contribution in [0.2, 0.25) is 0 Å². The summed E-state index contributed by atoms with van der Waals surface area (Å²) in [5.74, 6) is 0.601. The van der Waals surface area contributed by atoms with E-state index in [2.05, 4.69) is 48.2 Å². The van der Waals surface area contributed by atoms with Gasteiger partial charge in [0.15, 0.2) is 0 Å². The molecular weight excluding hydrogens is 453 g/mol. The first kappa shape index (κ1) is 17.5. The molecule has 3 heterocycles. The Kier molecular flexibility index (Phi) is 5.01. The third-order valence-electron chi connectivity index (χ3n) is 4.18. The van der Waals surface area contributed by atoms with Crippen LogP contribution in [-0.2, 0) is 6.54 Å². The van der Waals surface area contributed by atoms with E-state index in [9.17, 15) is 4.79 Å². The number of aromatic amines is 1. The third kappa shape index (κ3) is 3.77. The molecule has 0 unspecified atom stereocenters. The van der Waals surface area contributed by atoms with Crippen molar-refractivity contribution in [3.8, 4) is 11.3 Å². The van der Waals surface area contributed by atoms with Crippen molar-refractivity contribution >= 4 is 40.0 Å². The molecule has 7 heteroatoms. The number of hydrogen-bond acceptors (Lipinski definition) is 4. The molecule has 4 rings (SSSR count). The zero-order valence-electron chi connectivity index (χ0n) is 14.2. The zero-order valence-corrected chi connectivity index (χ0v) is 16.4. The highest BCUT2D eigenvalue weighted by Crippen LogP contribution is 2.33. The molecule has 0 saturated carbocycles. The molecule has 1 aliphatic rings. The van der Waals surface area contributed by atoms with Crippen molar-refractivity contribution < 1.29 is 4.79 Å². The second kappa shape index (κ2) is 7.75. The van der Waals surface area contributed by atoms with Crippen LogP contribution < -0.4 is 10.6 Å². The van der Waals surface area contributed by atoms with Crippen molar-refractivity contribution in [1.82, 2.24) is 20.3 Å². The predicted octanol–water partition coefficient (Wildman–Crippen LogP) is 4.19. The summed E-state index contributed by atoms with van der Waals surface area (Å²) in [5, 5.41) is 6.16. The lowest BCUT2D eigenvalue weighted by Crippen LogP contribution is -2.13. The second-order valence-corrected chi connectivity index (χ2v) is 7.00. The molecule has 0 spiro atoms. The fourth-order valence-electron chi connectivity index (χ4n) is 2.96. The summed E-state index contributed by atoms with van der Waals surface area (Å²) in [4.78, 5) is 24.5. The van der Waals surface area contributed by atoms with Crippen LogP contribution >= 0.6 is 22.6 Å². The maximum absolute atomic E-state index is 12.5. The Balaban J connectivity index is 1.83. The number of amides is 1. The minimum Gasteiger partial charge on any atom is -0.360 e. The number of aromatic nitrogens is 3. The van der Waals surface area contributed by atoms with E-state index < -0.39 is 0 Å². The molecule has 1 aromatic carbocycles. The number of benzene rings is 1. The van der Waals surface area contributed by atoms with E-state index in [4.69, 9.17) is 0 Å². The molecule has 134 valence electrons. The maximum atomic E-state index is 12.5. The van der Waals surface area contributed by atoms with Gasteiger partial charge in [0.2, 0.25) is 0 Å². The number of rotatable bonds is 3. The van der Waals surface area contributed by atoms with Crippen molar-refractivity contribution in [2.75, 3.05) is 5.32 Å². The third-order valence-corrected chi connectivity index (χ3v) is 4.82. The number of nitrogens with one attached hydrogen (secondary N) is 3. The average molecular weight is 469 g/mol. The molecule has 0 atom stereocenters. The number of fused-ring (bicyclic) bond motifs is 1. The first-order chi connectivity index (χ1) is 13.2. The highest BCUT2D eigenvalue weighted by atomic mass is 127. The van der Waals surface area contributed by atoms with Gasteiger partial charge in [-0.2, -0.15) is 0 Å². The molecule has 0 bridgehead atoms. The van der Waals surface area contributed by atoms with Crippen molar-refractivity contribution in [3.05, 3.63) is 81.9 Å². The number of halogens is 1. The van der Waals surface area contributed by atoms with Gasteiger partial charge < -0.3 is 15.6 Å². The number of hydrogen-bond donors (Lipinski definition) is 3. The van der Waals surface area contributed by atoms with Gasteiger partial charge in [-0.05, 0) is 58.5 Å². The summed E-state index contributed by atoms with van der Waals surface area (Å²) in [6, 6.07) is 15.3. The fourth-order valence-corrected chi connectivity index (χ4v) is 3.31. The van der Waals surface area contributed by atoms with E-state index in [1.54, 1.807) is 12.4 Å². The smallest absolute Gasteiger partial charge is 0.254 e. The van der Waals surface area contributed by atoms with Crippen LogP contribution in [0.5, 0.6) is 0 Å². The van der Waals surface area contributed by atoms with Crippen LogP contribution in [0.15, 0.2) is 67.1 Å². The zero-order chi connectivity index (χ0) is 18.6. The van der Waals surface area contributed by atoms with Crippen molar-refractivity contribution in [1.29, 1.82) is 0 Å². The van der Waals surface area contributed by atoms with Gasteiger partial charge in [-0.3, -0.25) is 4.79 Å². The highest BCUT2D eigenvalue weighted by Gasteiger charge is 2.26. The lowest BCUT2D eigenvalue weighted by atomic mass is 9.99. The molecular formula is C20H16IN5O. The van der Waals surface area contributed by atoms with E-state index in [0.717, 1.165) is 26.2 Å². The molecule has 0 saturated heterocycles. The van der Waals surface area contributed by atoms with Crippen molar-refractivity contribution in [3.63, 3.8) is 0 Å². The topological polar surface area (TPSA) is 82.7 Å². The largest absolute Gasteiger partial charge is 0.360 e. The summed E-state index contributed by atoms with van der Waals surface area (Å²) >= 11 is 2.18. The molecule has 6 nitrogen and oxygen atoms in total. The lowest BCUT2D eigenvalue weighted by molar-refractivity contribution is 0.0966. The van der Waals surface area contributed by atoms with Crippen molar-refractivity contribution in [2.24, 2.45) is 0 Å². The Morgan fingerprint density at radius 1 is 1.04 bits per heavy atom. The molecule has 0 fully saturated rings. The summed E-state index contributed by atoms with van der Waals surface area (Å²) in [6.07, 6.45) is 5.35. The molecule has 0 radical (unpaired) electrons. The lowest BCUT2D eigenvalue weighted by Gasteiger charge is -2.12. The van der Waals surface area contributed by atoms with Crippen LogP contribution in [0.4, 0.5) is 11.5 Å². The molecule has 0 aliphatic carbocycles. The van der Waals surface area contributed by atoms with Gasteiger partial charge in [0.25, 0.3) is 5.91 Å². The number of carbonyl (C=O) groups excluding carboxylic acids is 1. The molecule has 3 N–H and O–H groups in total. The molecule has 27 heavy (non-hydrogen) atoms. The van der Waals surface area contributed by atoms with Crippen LogP contribution in [0.1, 0.15) is 15.9 Å². The normalized spacial score (nSPS) is 12.1. The first-order valence-electron chi connectivity index (χ1n) is 8.38. The van der Waals surface area contributed by atoms with Crippen LogP contribution in [0.25, 0.3) is 11.3 Å². The Labute approximate surface area is 169 Å². The number of anilines is 2. The van der Waals surface area contributed by atoms with E-state index in [0.29, 0.717) is 17.9 Å². The molecule has 1 aliphatic heterocycles.